The lowest BCUT2D eigenvalue weighted by Gasteiger charge is -2.32. The number of carbonyl (C=O) groups excluding carboxylic acids is 2. The summed E-state index contributed by atoms with van der Waals surface area (Å²) in [6.07, 6.45) is 0.525. The minimum absolute atomic E-state index is 0.0131. The Bertz CT molecular complexity index is 572. The van der Waals surface area contributed by atoms with Gasteiger partial charge in [-0.1, -0.05) is 12.1 Å². The zero-order chi connectivity index (χ0) is 15.2. The number of aromatic carboxylic acids is 1. The van der Waals surface area contributed by atoms with Crippen molar-refractivity contribution in [3.05, 3.63) is 35.4 Å². The molecule has 1 saturated heterocycles. The van der Waals surface area contributed by atoms with E-state index in [0.717, 1.165) is 19.6 Å². The lowest BCUT2D eigenvalue weighted by Crippen LogP contribution is -3.14. The lowest BCUT2D eigenvalue weighted by molar-refractivity contribution is -0.903. The van der Waals surface area contributed by atoms with Crippen molar-refractivity contribution in [1.29, 1.82) is 5.26 Å². The van der Waals surface area contributed by atoms with Gasteiger partial charge in [0.2, 0.25) is 0 Å². The number of piperazine rings is 1. The number of quaternary nitrogens is 1. The molecule has 1 aliphatic heterocycles. The number of nitriles is 1. The molecule has 6 nitrogen and oxygen atoms in total. The monoisotopic (exact) mass is 287 g/mol. The quantitative estimate of drug-likeness (QED) is 0.715. The van der Waals surface area contributed by atoms with Gasteiger partial charge < -0.3 is 19.7 Å². The molecule has 0 aliphatic carbocycles. The Morgan fingerprint density at radius 3 is 2.57 bits per heavy atom. The van der Waals surface area contributed by atoms with Gasteiger partial charge in [-0.05, 0) is 17.7 Å². The fraction of sp³-hybridized carbons (Fsp3) is 0.400. The summed E-state index contributed by atoms with van der Waals surface area (Å²) in [5.41, 5.74) is 0.385. The van der Waals surface area contributed by atoms with Crippen molar-refractivity contribution in [3.8, 4) is 6.07 Å². The van der Waals surface area contributed by atoms with Gasteiger partial charge >= 0.3 is 0 Å². The van der Waals surface area contributed by atoms with Crippen LogP contribution in [0.15, 0.2) is 24.3 Å². The Morgan fingerprint density at radius 2 is 1.95 bits per heavy atom. The maximum Gasteiger partial charge on any atom is 0.254 e. The molecule has 0 aromatic heterocycles. The van der Waals surface area contributed by atoms with E-state index in [1.54, 1.807) is 17.0 Å². The van der Waals surface area contributed by atoms with E-state index in [-0.39, 0.29) is 11.5 Å². The highest BCUT2D eigenvalue weighted by Gasteiger charge is 2.24. The summed E-state index contributed by atoms with van der Waals surface area (Å²) < 4.78 is 0. The molecule has 1 N–H and O–H groups in total. The second-order valence-corrected chi connectivity index (χ2v) is 5.07. The van der Waals surface area contributed by atoms with Crippen molar-refractivity contribution >= 4 is 11.9 Å². The average molecular weight is 287 g/mol. The van der Waals surface area contributed by atoms with Crippen LogP contribution in [0.5, 0.6) is 0 Å². The molecule has 0 saturated carbocycles. The molecule has 0 spiro atoms. The van der Waals surface area contributed by atoms with Gasteiger partial charge in [-0.2, -0.15) is 5.26 Å². The molecular weight excluding hydrogens is 270 g/mol. The van der Waals surface area contributed by atoms with E-state index in [0.29, 0.717) is 25.1 Å². The van der Waals surface area contributed by atoms with Crippen LogP contribution in [0.3, 0.4) is 0 Å². The first-order valence-corrected chi connectivity index (χ1v) is 6.93. The number of rotatable bonds is 4. The SMILES string of the molecule is N#CCC[NH+]1CCN(C(=O)c2cccc(C(=O)[O-])c2)CC1. The number of nitrogens with zero attached hydrogens (tertiary/aromatic N) is 2. The van der Waals surface area contributed by atoms with E-state index in [1.165, 1.54) is 17.0 Å². The summed E-state index contributed by atoms with van der Waals surface area (Å²) in [6.45, 7) is 3.67. The average Bonchev–Trinajstić information content (AvgIpc) is 2.53. The van der Waals surface area contributed by atoms with Gasteiger partial charge in [0.1, 0.15) is 0 Å². The number of carbonyl (C=O) groups is 2. The van der Waals surface area contributed by atoms with E-state index in [2.05, 4.69) is 6.07 Å². The van der Waals surface area contributed by atoms with Gasteiger partial charge in [0.25, 0.3) is 5.91 Å². The van der Waals surface area contributed by atoms with Gasteiger partial charge in [-0.3, -0.25) is 4.79 Å². The number of carboxylic acids is 1. The standard InChI is InChI=1S/C15H17N3O3/c16-5-2-6-17-7-9-18(10-8-17)14(19)12-3-1-4-13(11-12)15(20)21/h1,3-4,11H,2,6-10H2,(H,20,21). The minimum Gasteiger partial charge on any atom is -0.545 e. The zero-order valence-corrected chi connectivity index (χ0v) is 11.7. The first kappa shape index (κ1) is 15.0. The Balaban J connectivity index is 1.97. The fourth-order valence-electron chi connectivity index (χ4n) is 2.47. The van der Waals surface area contributed by atoms with Crippen LogP contribution in [0.1, 0.15) is 27.1 Å². The van der Waals surface area contributed by atoms with Gasteiger partial charge in [-0.15, -0.1) is 0 Å². The van der Waals surface area contributed by atoms with Crippen LogP contribution in [0.25, 0.3) is 0 Å². The highest BCUT2D eigenvalue weighted by molar-refractivity contribution is 5.97. The maximum atomic E-state index is 12.3. The molecule has 110 valence electrons. The van der Waals surface area contributed by atoms with E-state index in [1.807, 2.05) is 0 Å². The molecule has 1 aliphatic rings. The molecule has 0 bridgehead atoms. The number of carboxylic acid groups (broad SMARTS) is 1. The van der Waals surface area contributed by atoms with Crippen molar-refractivity contribution in [2.24, 2.45) is 0 Å². The third-order valence-corrected chi connectivity index (χ3v) is 3.69. The Kier molecular flexibility index (Phi) is 4.90. The molecule has 6 heteroatoms. The second kappa shape index (κ2) is 6.86. The van der Waals surface area contributed by atoms with E-state index in [4.69, 9.17) is 5.26 Å². The molecule has 0 radical (unpaired) electrons. The Hall–Kier alpha value is -2.39. The molecule has 1 amide bonds. The molecule has 1 fully saturated rings. The zero-order valence-electron chi connectivity index (χ0n) is 11.7. The number of benzene rings is 1. The van der Waals surface area contributed by atoms with Gasteiger partial charge in [0.05, 0.1) is 51.2 Å². The van der Waals surface area contributed by atoms with Gasteiger partial charge in [0.15, 0.2) is 0 Å². The van der Waals surface area contributed by atoms with Crippen LogP contribution in [0, 0.1) is 11.3 Å². The highest BCUT2D eigenvalue weighted by atomic mass is 16.4. The Labute approximate surface area is 123 Å². The first-order chi connectivity index (χ1) is 10.1. The summed E-state index contributed by atoms with van der Waals surface area (Å²) in [4.78, 5) is 26.2. The van der Waals surface area contributed by atoms with Crippen LogP contribution in [-0.2, 0) is 0 Å². The number of hydrogen-bond donors (Lipinski definition) is 1. The number of nitrogens with one attached hydrogen (secondary N) is 1. The predicted octanol–water partition coefficient (Wildman–Crippen LogP) is -1.70. The van der Waals surface area contributed by atoms with Crippen LogP contribution in [0.4, 0.5) is 0 Å². The molecule has 1 aromatic carbocycles. The fourth-order valence-corrected chi connectivity index (χ4v) is 2.47. The van der Waals surface area contributed by atoms with Crippen molar-refractivity contribution in [1.82, 2.24) is 4.90 Å². The van der Waals surface area contributed by atoms with Crippen LogP contribution in [-0.4, -0.2) is 49.5 Å². The van der Waals surface area contributed by atoms with Crippen LogP contribution >= 0.6 is 0 Å². The normalized spacial score (nSPS) is 15.5. The molecular formula is C15H17N3O3. The van der Waals surface area contributed by atoms with Crippen LogP contribution < -0.4 is 10.0 Å². The summed E-state index contributed by atoms with van der Waals surface area (Å²) >= 11 is 0. The molecule has 0 atom stereocenters. The van der Waals surface area contributed by atoms with Crippen molar-refractivity contribution < 1.29 is 19.6 Å². The van der Waals surface area contributed by atoms with E-state index in [9.17, 15) is 14.7 Å². The Morgan fingerprint density at radius 1 is 1.29 bits per heavy atom. The van der Waals surface area contributed by atoms with E-state index >= 15 is 0 Å². The molecule has 1 heterocycles. The van der Waals surface area contributed by atoms with Crippen molar-refractivity contribution in [3.63, 3.8) is 0 Å². The number of amides is 1. The summed E-state index contributed by atoms with van der Waals surface area (Å²) in [5.74, 6) is -1.44. The largest absolute Gasteiger partial charge is 0.545 e. The second-order valence-electron chi connectivity index (χ2n) is 5.07. The molecule has 0 unspecified atom stereocenters. The molecule has 21 heavy (non-hydrogen) atoms. The van der Waals surface area contributed by atoms with Crippen molar-refractivity contribution in [2.75, 3.05) is 32.7 Å². The van der Waals surface area contributed by atoms with Gasteiger partial charge in [-0.25, -0.2) is 0 Å². The maximum absolute atomic E-state index is 12.3. The molecule has 2 rings (SSSR count). The summed E-state index contributed by atoms with van der Waals surface area (Å²) in [7, 11) is 0. The number of hydrogen-bond acceptors (Lipinski definition) is 4. The smallest absolute Gasteiger partial charge is 0.254 e. The third kappa shape index (κ3) is 3.80. The van der Waals surface area contributed by atoms with Crippen LogP contribution in [0.2, 0.25) is 0 Å². The van der Waals surface area contributed by atoms with E-state index < -0.39 is 5.97 Å². The first-order valence-electron chi connectivity index (χ1n) is 6.93. The lowest BCUT2D eigenvalue weighted by atomic mass is 10.1. The van der Waals surface area contributed by atoms with Crippen molar-refractivity contribution in [2.45, 2.75) is 6.42 Å². The summed E-state index contributed by atoms with van der Waals surface area (Å²) in [5, 5.41) is 19.4. The summed E-state index contributed by atoms with van der Waals surface area (Å²) in [6, 6.07) is 8.06. The third-order valence-electron chi connectivity index (χ3n) is 3.69. The predicted molar refractivity (Wildman–Crippen MR) is 72.5 cm³/mol. The minimum atomic E-state index is -1.28. The molecule has 1 aromatic rings. The highest BCUT2D eigenvalue weighted by Crippen LogP contribution is 2.08. The van der Waals surface area contributed by atoms with Gasteiger partial charge in [0, 0.05) is 5.56 Å². The topological polar surface area (TPSA) is 88.7 Å².